The summed E-state index contributed by atoms with van der Waals surface area (Å²) in [6.45, 7) is 1.73. The fourth-order valence-electron chi connectivity index (χ4n) is 1.19. The van der Waals surface area contributed by atoms with E-state index in [0.717, 1.165) is 5.01 Å². The summed E-state index contributed by atoms with van der Waals surface area (Å²) in [5.74, 6) is -0.525. The van der Waals surface area contributed by atoms with Gasteiger partial charge in [-0.2, -0.15) is 0 Å². The van der Waals surface area contributed by atoms with Crippen LogP contribution >= 0.6 is 22.9 Å². The molecule has 0 fully saturated rings. The molecule has 0 bridgehead atoms. The predicted octanol–water partition coefficient (Wildman–Crippen LogP) is 3.38. The van der Waals surface area contributed by atoms with Crippen LogP contribution < -0.4 is 0 Å². The number of carbonyl (C=O) groups is 1. The minimum atomic E-state index is -0.525. The highest BCUT2D eigenvalue weighted by molar-refractivity contribution is 7.11. The van der Waals surface area contributed by atoms with E-state index in [-0.39, 0.29) is 0 Å². The molecule has 4 nitrogen and oxygen atoms in total. The maximum absolute atomic E-state index is 11.6. The average Bonchev–Trinajstić information content (AvgIpc) is 2.90. The molecule has 0 saturated heterocycles. The zero-order chi connectivity index (χ0) is 13.0. The average molecular weight is 281 g/mol. The molecule has 0 amide bonds. The highest BCUT2D eigenvalue weighted by Gasteiger charge is 2.08. The Balaban J connectivity index is 2.04. The van der Waals surface area contributed by atoms with Gasteiger partial charge in [-0.3, -0.25) is 0 Å². The van der Waals surface area contributed by atoms with Crippen molar-refractivity contribution in [2.45, 2.75) is 6.92 Å². The third-order valence-electron chi connectivity index (χ3n) is 2.09. The van der Waals surface area contributed by atoms with Crippen molar-refractivity contribution in [3.05, 3.63) is 51.4 Å². The Kier molecular flexibility index (Phi) is 4.07. The molecule has 0 spiro atoms. The van der Waals surface area contributed by atoms with Crippen LogP contribution in [0.5, 0.6) is 0 Å². The van der Waals surface area contributed by atoms with Crippen molar-refractivity contribution >= 4 is 34.6 Å². The van der Waals surface area contributed by atoms with Crippen LogP contribution in [-0.2, 0) is 4.84 Å². The molecule has 0 aliphatic carbocycles. The van der Waals surface area contributed by atoms with Gasteiger partial charge >= 0.3 is 5.97 Å². The summed E-state index contributed by atoms with van der Waals surface area (Å²) in [7, 11) is 0. The van der Waals surface area contributed by atoms with Gasteiger partial charge in [-0.1, -0.05) is 16.8 Å². The van der Waals surface area contributed by atoms with Crippen molar-refractivity contribution in [2.24, 2.45) is 5.16 Å². The largest absolute Gasteiger partial charge is 0.365 e. The Labute approximate surface area is 113 Å². The van der Waals surface area contributed by atoms with Gasteiger partial charge in [-0.25, -0.2) is 9.78 Å². The van der Waals surface area contributed by atoms with Crippen LogP contribution in [0.15, 0.2) is 41.0 Å². The molecule has 0 aliphatic heterocycles. The van der Waals surface area contributed by atoms with Crippen LogP contribution in [-0.4, -0.2) is 16.7 Å². The van der Waals surface area contributed by atoms with E-state index in [1.807, 2.05) is 5.38 Å². The summed E-state index contributed by atoms with van der Waals surface area (Å²) in [6.07, 6.45) is 1.67. The highest BCUT2D eigenvalue weighted by Crippen LogP contribution is 2.11. The van der Waals surface area contributed by atoms with Crippen molar-refractivity contribution < 1.29 is 9.63 Å². The molecule has 0 unspecified atom stereocenters. The Morgan fingerprint density at radius 3 is 2.72 bits per heavy atom. The van der Waals surface area contributed by atoms with Gasteiger partial charge in [0.25, 0.3) is 0 Å². The molecule has 2 aromatic rings. The maximum atomic E-state index is 11.6. The molecule has 0 radical (unpaired) electrons. The molecular weight excluding hydrogens is 272 g/mol. The molecule has 1 aromatic carbocycles. The lowest BCUT2D eigenvalue weighted by molar-refractivity contribution is 0.0516. The molecule has 1 heterocycles. The van der Waals surface area contributed by atoms with Gasteiger partial charge < -0.3 is 4.84 Å². The van der Waals surface area contributed by atoms with Crippen LogP contribution in [0.1, 0.15) is 22.3 Å². The van der Waals surface area contributed by atoms with Crippen molar-refractivity contribution in [3.8, 4) is 0 Å². The standard InChI is InChI=1S/C12H9ClN2O2S/c1-8(11-14-6-7-18-11)15-17-12(16)9-2-4-10(13)5-3-9/h2-7H,1H3/b15-8+. The molecule has 0 N–H and O–H groups in total. The lowest BCUT2D eigenvalue weighted by Gasteiger charge is -1.99. The van der Waals surface area contributed by atoms with E-state index in [1.165, 1.54) is 11.3 Å². The van der Waals surface area contributed by atoms with E-state index in [4.69, 9.17) is 16.4 Å². The maximum Gasteiger partial charge on any atom is 0.365 e. The van der Waals surface area contributed by atoms with Crippen molar-refractivity contribution in [1.82, 2.24) is 4.98 Å². The Morgan fingerprint density at radius 2 is 2.11 bits per heavy atom. The SMILES string of the molecule is C/C(=N\OC(=O)c1ccc(Cl)cc1)c1nccs1. The number of rotatable bonds is 3. The summed E-state index contributed by atoms with van der Waals surface area (Å²) in [6, 6.07) is 6.41. The number of aromatic nitrogens is 1. The van der Waals surface area contributed by atoms with Crippen LogP contribution in [0.25, 0.3) is 0 Å². The van der Waals surface area contributed by atoms with Crippen LogP contribution in [0.4, 0.5) is 0 Å². The number of oxime groups is 1. The van der Waals surface area contributed by atoms with Gasteiger partial charge in [-0.15, -0.1) is 11.3 Å². The van der Waals surface area contributed by atoms with E-state index in [2.05, 4.69) is 10.1 Å². The quantitative estimate of drug-likeness (QED) is 0.492. The first kappa shape index (κ1) is 12.7. The van der Waals surface area contributed by atoms with Gasteiger partial charge in [0.1, 0.15) is 10.7 Å². The monoisotopic (exact) mass is 280 g/mol. The molecule has 0 atom stereocenters. The molecule has 2 rings (SSSR count). The first-order valence-electron chi connectivity index (χ1n) is 5.08. The first-order valence-corrected chi connectivity index (χ1v) is 6.34. The normalized spacial score (nSPS) is 11.3. The molecule has 0 saturated carbocycles. The minimum Gasteiger partial charge on any atom is -0.312 e. The zero-order valence-corrected chi connectivity index (χ0v) is 11.0. The lowest BCUT2D eigenvalue weighted by atomic mass is 10.2. The van der Waals surface area contributed by atoms with Crippen molar-refractivity contribution in [3.63, 3.8) is 0 Å². The number of hydrogen-bond acceptors (Lipinski definition) is 5. The zero-order valence-electron chi connectivity index (χ0n) is 9.46. The summed E-state index contributed by atoms with van der Waals surface area (Å²) < 4.78 is 0. The molecule has 1 aromatic heterocycles. The van der Waals surface area contributed by atoms with E-state index >= 15 is 0 Å². The number of carbonyl (C=O) groups excluding carboxylic acids is 1. The van der Waals surface area contributed by atoms with Gasteiger partial charge in [0, 0.05) is 16.6 Å². The molecular formula is C12H9ClN2O2S. The van der Waals surface area contributed by atoms with Gasteiger partial charge in [0.2, 0.25) is 0 Å². The van der Waals surface area contributed by atoms with Crippen LogP contribution in [0, 0.1) is 0 Å². The number of nitrogens with zero attached hydrogens (tertiary/aromatic N) is 2. The fraction of sp³-hybridized carbons (Fsp3) is 0.0833. The molecule has 92 valence electrons. The summed E-state index contributed by atoms with van der Waals surface area (Å²) >= 11 is 7.15. The number of hydrogen-bond donors (Lipinski definition) is 0. The minimum absolute atomic E-state index is 0.398. The molecule has 0 aliphatic rings. The Hall–Kier alpha value is -1.72. The molecule has 18 heavy (non-hydrogen) atoms. The van der Waals surface area contributed by atoms with Gasteiger partial charge in [0.05, 0.1) is 5.56 Å². The molecule has 6 heteroatoms. The smallest absolute Gasteiger partial charge is 0.312 e. The number of benzene rings is 1. The summed E-state index contributed by atoms with van der Waals surface area (Å²) in [5.41, 5.74) is 0.961. The number of halogens is 1. The van der Waals surface area contributed by atoms with E-state index in [9.17, 15) is 4.79 Å². The van der Waals surface area contributed by atoms with Crippen LogP contribution in [0.2, 0.25) is 5.02 Å². The lowest BCUT2D eigenvalue weighted by Crippen LogP contribution is -2.03. The fourth-order valence-corrected chi connectivity index (χ4v) is 1.90. The Morgan fingerprint density at radius 1 is 1.39 bits per heavy atom. The summed E-state index contributed by atoms with van der Waals surface area (Å²) in [5, 5.41) is 6.86. The van der Waals surface area contributed by atoms with E-state index in [1.54, 1.807) is 37.4 Å². The third-order valence-corrected chi connectivity index (χ3v) is 3.22. The summed E-state index contributed by atoms with van der Waals surface area (Å²) in [4.78, 5) is 20.5. The van der Waals surface area contributed by atoms with Crippen molar-refractivity contribution in [1.29, 1.82) is 0 Å². The van der Waals surface area contributed by atoms with Gasteiger partial charge in [-0.05, 0) is 31.2 Å². The van der Waals surface area contributed by atoms with Crippen molar-refractivity contribution in [2.75, 3.05) is 0 Å². The predicted molar refractivity (Wildman–Crippen MR) is 71.2 cm³/mol. The van der Waals surface area contributed by atoms with E-state index < -0.39 is 5.97 Å². The first-order chi connectivity index (χ1) is 8.66. The second-order valence-electron chi connectivity index (χ2n) is 3.40. The second-order valence-corrected chi connectivity index (χ2v) is 4.73. The second kappa shape index (κ2) is 5.75. The Bertz CT molecular complexity index is 564. The van der Waals surface area contributed by atoms with Crippen LogP contribution in [0.3, 0.4) is 0 Å². The topological polar surface area (TPSA) is 51.5 Å². The number of thiazole rings is 1. The van der Waals surface area contributed by atoms with E-state index in [0.29, 0.717) is 16.3 Å². The third kappa shape index (κ3) is 3.15. The highest BCUT2D eigenvalue weighted by atomic mass is 35.5. The van der Waals surface area contributed by atoms with Gasteiger partial charge in [0.15, 0.2) is 0 Å².